The largest absolute Gasteiger partial charge is 0.376 e. The van der Waals surface area contributed by atoms with Gasteiger partial charge in [-0.15, -0.1) is 0 Å². The molecule has 2 aromatic rings. The van der Waals surface area contributed by atoms with Gasteiger partial charge in [-0.1, -0.05) is 18.2 Å². The number of aliphatic hydroxyl groups excluding tert-OH is 1. The van der Waals surface area contributed by atoms with Crippen LogP contribution in [0.15, 0.2) is 42.6 Å². The molecule has 2 heterocycles. The maximum Gasteiger partial charge on any atom is 0.135 e. The summed E-state index contributed by atoms with van der Waals surface area (Å²) in [5, 5.41) is 14.7. The van der Waals surface area contributed by atoms with Crippen LogP contribution in [0.4, 0.5) is 17.2 Å². The van der Waals surface area contributed by atoms with Crippen LogP contribution >= 0.6 is 0 Å². The molecule has 1 fully saturated rings. The van der Waals surface area contributed by atoms with Crippen molar-refractivity contribution in [3.05, 3.63) is 48.2 Å². The van der Waals surface area contributed by atoms with Crippen LogP contribution < -0.4 is 10.2 Å². The number of nitrogens with zero attached hydrogens (tertiary/aromatic N) is 2. The number of nitrogens with one attached hydrogen (secondary N) is 1. The number of anilines is 3. The lowest BCUT2D eigenvalue weighted by Gasteiger charge is -2.38. The van der Waals surface area contributed by atoms with Gasteiger partial charge in [-0.2, -0.15) is 0 Å². The van der Waals surface area contributed by atoms with Gasteiger partial charge in [0.25, 0.3) is 0 Å². The highest BCUT2D eigenvalue weighted by molar-refractivity contribution is 5.77. The van der Waals surface area contributed by atoms with Crippen molar-refractivity contribution in [1.82, 2.24) is 4.98 Å². The lowest BCUT2D eigenvalue weighted by Crippen LogP contribution is -2.42. The highest BCUT2D eigenvalue weighted by Gasteiger charge is 2.33. The molecule has 144 valence electrons. The van der Waals surface area contributed by atoms with Crippen LogP contribution in [0.1, 0.15) is 45.1 Å². The predicted octanol–water partition coefficient (Wildman–Crippen LogP) is 4.45. The Morgan fingerprint density at radius 1 is 1.11 bits per heavy atom. The summed E-state index contributed by atoms with van der Waals surface area (Å²) < 4.78 is 5.97. The molecular formula is C22H29N3O2. The third-order valence-electron chi connectivity index (χ3n) is 5.62. The smallest absolute Gasteiger partial charge is 0.135 e. The van der Waals surface area contributed by atoms with Gasteiger partial charge >= 0.3 is 0 Å². The molecule has 1 aliphatic heterocycles. The van der Waals surface area contributed by atoms with Crippen molar-refractivity contribution in [2.24, 2.45) is 5.92 Å². The zero-order valence-corrected chi connectivity index (χ0v) is 16.1. The van der Waals surface area contributed by atoms with E-state index >= 15 is 0 Å². The van der Waals surface area contributed by atoms with Gasteiger partial charge in [0.05, 0.1) is 23.6 Å². The van der Waals surface area contributed by atoms with Gasteiger partial charge in [0.1, 0.15) is 12.0 Å². The van der Waals surface area contributed by atoms with E-state index in [-0.39, 0.29) is 12.0 Å². The molecule has 27 heavy (non-hydrogen) atoms. The second-order valence-corrected chi connectivity index (χ2v) is 7.92. The number of aliphatic hydroxyl groups is 1. The number of aromatic nitrogens is 1. The molecule has 1 unspecified atom stereocenters. The molecular weight excluding hydrogens is 338 g/mol. The van der Waals surface area contributed by atoms with Gasteiger partial charge in [0.2, 0.25) is 0 Å². The van der Waals surface area contributed by atoms with Crippen molar-refractivity contribution in [1.29, 1.82) is 0 Å². The SMILES string of the molecule is CC(C)OC1CCC(C(O)N2Cc3cccnc3Nc3ccccc32)CC1. The van der Waals surface area contributed by atoms with Crippen LogP contribution in [0.2, 0.25) is 0 Å². The average molecular weight is 367 g/mol. The van der Waals surface area contributed by atoms with E-state index in [9.17, 15) is 5.11 Å². The number of rotatable bonds is 4. The lowest BCUT2D eigenvalue weighted by molar-refractivity contribution is -0.0340. The zero-order chi connectivity index (χ0) is 18.8. The Bertz CT molecular complexity index is 772. The maximum atomic E-state index is 11.3. The summed E-state index contributed by atoms with van der Waals surface area (Å²) in [6.07, 6.45) is 5.91. The van der Waals surface area contributed by atoms with Crippen LogP contribution in [-0.4, -0.2) is 28.5 Å². The lowest BCUT2D eigenvalue weighted by atomic mass is 9.85. The van der Waals surface area contributed by atoms with E-state index in [2.05, 4.69) is 41.2 Å². The highest BCUT2D eigenvalue weighted by atomic mass is 16.5. The molecule has 0 radical (unpaired) electrons. The Hall–Kier alpha value is -2.11. The van der Waals surface area contributed by atoms with Crippen LogP contribution in [-0.2, 0) is 11.3 Å². The Morgan fingerprint density at radius 3 is 2.67 bits per heavy atom. The Kier molecular flexibility index (Phi) is 5.32. The number of fused-ring (bicyclic) bond motifs is 2. The second-order valence-electron chi connectivity index (χ2n) is 7.92. The molecule has 4 rings (SSSR count). The van der Waals surface area contributed by atoms with Crippen molar-refractivity contribution in [2.75, 3.05) is 10.2 Å². The summed E-state index contributed by atoms with van der Waals surface area (Å²) in [4.78, 5) is 6.62. The number of ether oxygens (including phenoxy) is 1. The van der Waals surface area contributed by atoms with Crippen molar-refractivity contribution >= 4 is 17.2 Å². The molecule has 1 saturated carbocycles. The minimum atomic E-state index is -0.515. The molecule has 5 heteroatoms. The van der Waals surface area contributed by atoms with Crippen LogP contribution in [0, 0.1) is 5.92 Å². The topological polar surface area (TPSA) is 57.6 Å². The first-order valence-corrected chi connectivity index (χ1v) is 10.0. The summed E-state index contributed by atoms with van der Waals surface area (Å²) in [5.74, 6) is 1.12. The quantitative estimate of drug-likeness (QED) is 0.836. The number of benzene rings is 1. The van der Waals surface area contributed by atoms with Gasteiger partial charge < -0.3 is 20.1 Å². The summed E-state index contributed by atoms with van der Waals surface area (Å²) in [6, 6.07) is 12.2. The highest BCUT2D eigenvalue weighted by Crippen LogP contribution is 2.39. The molecule has 0 amide bonds. The monoisotopic (exact) mass is 367 g/mol. The van der Waals surface area contributed by atoms with Crippen molar-refractivity contribution < 1.29 is 9.84 Å². The molecule has 2 N–H and O–H groups in total. The van der Waals surface area contributed by atoms with E-state index in [0.717, 1.165) is 48.4 Å². The summed E-state index contributed by atoms with van der Waals surface area (Å²) in [7, 11) is 0. The van der Waals surface area contributed by atoms with E-state index in [1.807, 2.05) is 24.3 Å². The van der Waals surface area contributed by atoms with Gasteiger partial charge in [0.15, 0.2) is 0 Å². The standard InChI is InChI=1S/C22H29N3O2/c1-15(2)27-18-11-9-16(10-12-18)22(26)25-14-17-6-5-13-23-21(17)24-19-7-3-4-8-20(19)25/h3-8,13,15-16,18,22,26H,9-12,14H2,1-2H3,(H,23,24). The molecule has 0 spiro atoms. The average Bonchev–Trinajstić information content (AvgIpc) is 2.84. The van der Waals surface area contributed by atoms with Gasteiger partial charge in [-0.05, 0) is 57.7 Å². The van der Waals surface area contributed by atoms with E-state index < -0.39 is 6.23 Å². The first-order valence-electron chi connectivity index (χ1n) is 10.0. The van der Waals surface area contributed by atoms with Gasteiger partial charge in [-0.3, -0.25) is 0 Å². The summed E-state index contributed by atoms with van der Waals surface area (Å²) >= 11 is 0. The molecule has 1 aromatic carbocycles. The minimum absolute atomic E-state index is 0.253. The second kappa shape index (κ2) is 7.87. The third kappa shape index (κ3) is 3.94. The molecule has 1 atom stereocenters. The number of pyridine rings is 1. The Labute approximate surface area is 161 Å². The van der Waals surface area contributed by atoms with Crippen LogP contribution in [0.3, 0.4) is 0 Å². The Balaban J connectivity index is 1.55. The zero-order valence-electron chi connectivity index (χ0n) is 16.1. The molecule has 5 nitrogen and oxygen atoms in total. The molecule has 1 aromatic heterocycles. The Morgan fingerprint density at radius 2 is 1.89 bits per heavy atom. The number of hydrogen-bond acceptors (Lipinski definition) is 5. The minimum Gasteiger partial charge on any atom is -0.376 e. The fourth-order valence-electron chi connectivity index (χ4n) is 4.30. The summed E-state index contributed by atoms with van der Waals surface area (Å²) in [5.41, 5.74) is 3.12. The van der Waals surface area contributed by atoms with Crippen LogP contribution in [0.25, 0.3) is 0 Å². The van der Waals surface area contributed by atoms with E-state index in [4.69, 9.17) is 4.74 Å². The van der Waals surface area contributed by atoms with Crippen molar-refractivity contribution in [2.45, 2.75) is 64.5 Å². The van der Waals surface area contributed by atoms with Crippen molar-refractivity contribution in [3.63, 3.8) is 0 Å². The fraction of sp³-hybridized carbons (Fsp3) is 0.500. The third-order valence-corrected chi connectivity index (χ3v) is 5.62. The summed E-state index contributed by atoms with van der Waals surface area (Å²) in [6.45, 7) is 4.83. The van der Waals surface area contributed by atoms with E-state index in [1.165, 1.54) is 0 Å². The van der Waals surface area contributed by atoms with E-state index in [1.54, 1.807) is 6.20 Å². The van der Waals surface area contributed by atoms with E-state index in [0.29, 0.717) is 12.6 Å². The maximum absolute atomic E-state index is 11.3. The number of para-hydroxylation sites is 2. The first kappa shape index (κ1) is 18.3. The van der Waals surface area contributed by atoms with Crippen molar-refractivity contribution in [3.8, 4) is 0 Å². The number of hydrogen-bond donors (Lipinski definition) is 2. The fourth-order valence-corrected chi connectivity index (χ4v) is 4.30. The molecule has 2 aliphatic rings. The molecule has 1 aliphatic carbocycles. The normalized spacial score (nSPS) is 23.2. The molecule has 0 saturated heterocycles. The first-order chi connectivity index (χ1) is 13.1. The predicted molar refractivity (Wildman–Crippen MR) is 108 cm³/mol. The van der Waals surface area contributed by atoms with Crippen LogP contribution in [0.5, 0.6) is 0 Å². The van der Waals surface area contributed by atoms with Gasteiger partial charge in [0, 0.05) is 24.2 Å². The van der Waals surface area contributed by atoms with Gasteiger partial charge in [-0.25, -0.2) is 4.98 Å². The molecule has 0 bridgehead atoms.